The molecule has 3 nitrogen and oxygen atoms in total. The summed E-state index contributed by atoms with van der Waals surface area (Å²) >= 11 is 1.44. The number of nitrogens with zero attached hydrogens (tertiary/aromatic N) is 2. The van der Waals surface area contributed by atoms with Crippen LogP contribution in [0.25, 0.3) is 10.2 Å². The number of rotatable bonds is 2. The van der Waals surface area contributed by atoms with Crippen molar-refractivity contribution in [2.75, 3.05) is 0 Å². The number of benzene rings is 1. The Morgan fingerprint density at radius 3 is 2.93 bits per heavy atom. The maximum atomic E-state index is 6.05. The lowest BCUT2D eigenvalue weighted by Crippen LogP contribution is -2.31. The molecule has 1 aromatic heterocycles. The largest absolute Gasteiger partial charge is 0.327 e. The van der Waals surface area contributed by atoms with Crippen molar-refractivity contribution < 1.29 is 0 Å². The molecule has 2 aromatic rings. The van der Waals surface area contributed by atoms with Crippen LogP contribution in [0.15, 0.2) is 18.2 Å². The van der Waals surface area contributed by atoms with E-state index in [1.54, 1.807) is 0 Å². The standard InChI is InChI=1S/C11H13N3S/c1-7(12)11(4-5-11)8-2-3-10-9(6-8)13-14-15-10/h2-3,6-7H,4-5,12H2,1H3. The fraction of sp³-hybridized carbons (Fsp3) is 0.455. The first-order chi connectivity index (χ1) is 7.22. The van der Waals surface area contributed by atoms with Gasteiger partial charge in [-0.05, 0) is 49.0 Å². The van der Waals surface area contributed by atoms with Gasteiger partial charge in [0, 0.05) is 11.5 Å². The first kappa shape index (κ1) is 9.24. The molecule has 1 unspecified atom stereocenters. The van der Waals surface area contributed by atoms with Gasteiger partial charge in [-0.15, -0.1) is 5.10 Å². The van der Waals surface area contributed by atoms with Crippen LogP contribution in [0.3, 0.4) is 0 Å². The Balaban J connectivity index is 2.11. The van der Waals surface area contributed by atoms with E-state index in [2.05, 4.69) is 34.7 Å². The molecule has 78 valence electrons. The summed E-state index contributed by atoms with van der Waals surface area (Å²) in [4.78, 5) is 0. The summed E-state index contributed by atoms with van der Waals surface area (Å²) in [5.41, 5.74) is 8.61. The molecule has 0 saturated heterocycles. The minimum Gasteiger partial charge on any atom is -0.327 e. The number of fused-ring (bicyclic) bond motifs is 1. The lowest BCUT2D eigenvalue weighted by molar-refractivity contribution is 0.557. The minimum atomic E-state index is 0.220. The average Bonchev–Trinajstić information content (AvgIpc) is 2.91. The summed E-state index contributed by atoms with van der Waals surface area (Å²) in [6, 6.07) is 6.66. The summed E-state index contributed by atoms with van der Waals surface area (Å²) in [6.07, 6.45) is 2.40. The molecule has 1 aliphatic carbocycles. The van der Waals surface area contributed by atoms with Crippen LogP contribution in [0.5, 0.6) is 0 Å². The molecular weight excluding hydrogens is 206 g/mol. The third-order valence-corrected chi connectivity index (χ3v) is 4.19. The van der Waals surface area contributed by atoms with Gasteiger partial charge in [0.25, 0.3) is 0 Å². The molecule has 3 rings (SSSR count). The molecule has 15 heavy (non-hydrogen) atoms. The smallest absolute Gasteiger partial charge is 0.106 e. The van der Waals surface area contributed by atoms with E-state index in [4.69, 9.17) is 5.73 Å². The number of hydrogen-bond donors (Lipinski definition) is 1. The van der Waals surface area contributed by atoms with Crippen LogP contribution in [0.4, 0.5) is 0 Å². The van der Waals surface area contributed by atoms with Gasteiger partial charge in [-0.1, -0.05) is 10.6 Å². The zero-order chi connectivity index (χ0) is 10.5. The second-order valence-corrected chi connectivity index (χ2v) is 5.19. The Kier molecular flexibility index (Phi) is 1.85. The van der Waals surface area contributed by atoms with Gasteiger partial charge in [0.1, 0.15) is 5.52 Å². The molecule has 4 heteroatoms. The zero-order valence-corrected chi connectivity index (χ0v) is 9.42. The van der Waals surface area contributed by atoms with Crippen molar-refractivity contribution in [1.29, 1.82) is 0 Å². The van der Waals surface area contributed by atoms with E-state index in [-0.39, 0.29) is 11.5 Å². The van der Waals surface area contributed by atoms with Crippen molar-refractivity contribution >= 4 is 21.7 Å². The highest BCUT2D eigenvalue weighted by atomic mass is 32.1. The van der Waals surface area contributed by atoms with E-state index in [1.165, 1.54) is 29.9 Å². The fourth-order valence-electron chi connectivity index (χ4n) is 2.23. The topological polar surface area (TPSA) is 51.8 Å². The maximum Gasteiger partial charge on any atom is 0.106 e. The van der Waals surface area contributed by atoms with Gasteiger partial charge in [0.2, 0.25) is 0 Å². The van der Waals surface area contributed by atoms with Crippen LogP contribution < -0.4 is 5.73 Å². The second kappa shape index (κ2) is 3.00. The second-order valence-electron chi connectivity index (χ2n) is 4.40. The lowest BCUT2D eigenvalue weighted by atomic mass is 9.89. The van der Waals surface area contributed by atoms with Crippen molar-refractivity contribution in [3.8, 4) is 0 Å². The summed E-state index contributed by atoms with van der Waals surface area (Å²) in [7, 11) is 0. The van der Waals surface area contributed by atoms with Crippen molar-refractivity contribution in [3.05, 3.63) is 23.8 Å². The first-order valence-corrected chi connectivity index (χ1v) is 5.98. The van der Waals surface area contributed by atoms with Gasteiger partial charge < -0.3 is 5.73 Å². The highest BCUT2D eigenvalue weighted by molar-refractivity contribution is 7.12. The van der Waals surface area contributed by atoms with E-state index >= 15 is 0 Å². The Bertz CT molecular complexity index is 499. The molecule has 1 saturated carbocycles. The summed E-state index contributed by atoms with van der Waals surface area (Å²) in [5.74, 6) is 0. The van der Waals surface area contributed by atoms with E-state index in [0.29, 0.717) is 0 Å². The molecule has 1 aliphatic rings. The molecule has 1 aromatic carbocycles. The fourth-order valence-corrected chi connectivity index (χ4v) is 2.77. The molecule has 0 radical (unpaired) electrons. The van der Waals surface area contributed by atoms with Crippen LogP contribution in [-0.2, 0) is 5.41 Å². The van der Waals surface area contributed by atoms with E-state index in [9.17, 15) is 0 Å². The van der Waals surface area contributed by atoms with Crippen LogP contribution in [-0.4, -0.2) is 15.6 Å². The molecular formula is C11H13N3S. The van der Waals surface area contributed by atoms with Crippen molar-refractivity contribution in [2.45, 2.75) is 31.2 Å². The van der Waals surface area contributed by atoms with Crippen LogP contribution in [0.1, 0.15) is 25.3 Å². The molecule has 0 bridgehead atoms. The minimum absolute atomic E-state index is 0.220. The number of nitrogens with two attached hydrogens (primary N) is 1. The Morgan fingerprint density at radius 2 is 2.27 bits per heavy atom. The van der Waals surface area contributed by atoms with E-state index in [0.717, 1.165) is 10.2 Å². The summed E-state index contributed by atoms with van der Waals surface area (Å²) in [5, 5.41) is 4.11. The number of hydrogen-bond acceptors (Lipinski definition) is 4. The highest BCUT2D eigenvalue weighted by Crippen LogP contribution is 2.50. The molecule has 1 atom stereocenters. The van der Waals surface area contributed by atoms with Gasteiger partial charge in [-0.25, -0.2) is 0 Å². The Labute approximate surface area is 92.5 Å². The molecule has 0 aliphatic heterocycles. The lowest BCUT2D eigenvalue weighted by Gasteiger charge is -2.19. The average molecular weight is 219 g/mol. The van der Waals surface area contributed by atoms with Gasteiger partial charge in [0.05, 0.1) is 4.70 Å². The van der Waals surface area contributed by atoms with E-state index in [1.807, 2.05) is 0 Å². The van der Waals surface area contributed by atoms with Crippen molar-refractivity contribution in [3.63, 3.8) is 0 Å². The maximum absolute atomic E-state index is 6.05. The van der Waals surface area contributed by atoms with Crippen LogP contribution in [0.2, 0.25) is 0 Å². The molecule has 2 N–H and O–H groups in total. The monoisotopic (exact) mass is 219 g/mol. The summed E-state index contributed by atoms with van der Waals surface area (Å²) in [6.45, 7) is 2.09. The van der Waals surface area contributed by atoms with Gasteiger partial charge >= 0.3 is 0 Å². The highest BCUT2D eigenvalue weighted by Gasteiger charge is 2.47. The summed E-state index contributed by atoms with van der Waals surface area (Å²) < 4.78 is 5.10. The quantitative estimate of drug-likeness (QED) is 0.841. The van der Waals surface area contributed by atoms with Crippen molar-refractivity contribution in [1.82, 2.24) is 9.59 Å². The molecule has 0 spiro atoms. The first-order valence-electron chi connectivity index (χ1n) is 5.20. The van der Waals surface area contributed by atoms with Gasteiger partial charge in [-0.2, -0.15) is 0 Å². The third kappa shape index (κ3) is 1.28. The predicted molar refractivity (Wildman–Crippen MR) is 62.0 cm³/mol. The Morgan fingerprint density at radius 1 is 1.47 bits per heavy atom. The zero-order valence-electron chi connectivity index (χ0n) is 8.60. The van der Waals surface area contributed by atoms with Crippen LogP contribution >= 0.6 is 11.5 Å². The van der Waals surface area contributed by atoms with Gasteiger partial charge in [0.15, 0.2) is 0 Å². The Hall–Kier alpha value is -1.00. The van der Waals surface area contributed by atoms with E-state index < -0.39 is 0 Å². The van der Waals surface area contributed by atoms with Gasteiger partial charge in [-0.3, -0.25) is 0 Å². The van der Waals surface area contributed by atoms with Crippen molar-refractivity contribution in [2.24, 2.45) is 5.73 Å². The predicted octanol–water partition coefficient (Wildman–Crippen LogP) is 2.07. The molecule has 1 heterocycles. The normalized spacial score (nSPS) is 20.4. The molecule has 0 amide bonds. The SMILES string of the molecule is CC(N)C1(c2ccc3snnc3c2)CC1. The molecule has 1 fully saturated rings. The third-order valence-electron chi connectivity index (χ3n) is 3.48. The van der Waals surface area contributed by atoms with Crippen LogP contribution in [0, 0.1) is 0 Å². The number of aromatic nitrogens is 2.